The smallest absolute Gasteiger partial charge is 0.240 e. The first kappa shape index (κ1) is 23.8. The zero-order valence-electron chi connectivity index (χ0n) is 21.0. The van der Waals surface area contributed by atoms with Gasteiger partial charge in [0.05, 0.1) is 36.3 Å². The number of aromatic nitrogens is 3. The minimum atomic E-state index is -0.841. The number of hydrogen-bond donors (Lipinski definition) is 3. The van der Waals surface area contributed by atoms with Gasteiger partial charge in [-0.3, -0.25) is 14.8 Å². The molecule has 3 aliphatic rings. The molecule has 39 heavy (non-hydrogen) atoms. The number of rotatable bonds is 5. The van der Waals surface area contributed by atoms with Crippen LogP contribution in [0.2, 0.25) is 0 Å². The van der Waals surface area contributed by atoms with E-state index in [1.165, 1.54) is 11.3 Å². The lowest BCUT2D eigenvalue weighted by Crippen LogP contribution is -2.45. The van der Waals surface area contributed by atoms with E-state index in [0.717, 1.165) is 71.0 Å². The Bertz CT molecular complexity index is 1690. The maximum absolute atomic E-state index is 13.7. The van der Waals surface area contributed by atoms with Crippen molar-refractivity contribution in [1.82, 2.24) is 25.4 Å². The van der Waals surface area contributed by atoms with Gasteiger partial charge in [-0.15, -0.1) is 11.3 Å². The van der Waals surface area contributed by atoms with Crippen LogP contribution in [0.3, 0.4) is 0 Å². The molecule has 2 aromatic heterocycles. The second-order valence-electron chi connectivity index (χ2n) is 9.72. The molecule has 0 bridgehead atoms. The van der Waals surface area contributed by atoms with Crippen LogP contribution in [0.15, 0.2) is 77.0 Å². The molecule has 1 amide bonds. The average Bonchev–Trinajstić information content (AvgIpc) is 3.67. The highest BCUT2D eigenvalue weighted by atomic mass is 32.1. The molecule has 0 saturated carbocycles. The van der Waals surface area contributed by atoms with Gasteiger partial charge in [-0.2, -0.15) is 5.10 Å². The molecule has 194 valence electrons. The lowest BCUT2D eigenvalue weighted by atomic mass is 9.80. The number of nitrogens with one attached hydrogen (secondary N) is 3. The summed E-state index contributed by atoms with van der Waals surface area (Å²) in [6.45, 7) is 4.10. The van der Waals surface area contributed by atoms with E-state index in [9.17, 15) is 4.79 Å². The Morgan fingerprint density at radius 3 is 2.87 bits per heavy atom. The summed E-state index contributed by atoms with van der Waals surface area (Å²) in [4.78, 5) is 25.6. The molecule has 4 aromatic rings. The number of fused-ring (bicyclic) bond motifs is 2. The van der Waals surface area contributed by atoms with Gasteiger partial charge in [0.25, 0.3) is 0 Å². The summed E-state index contributed by atoms with van der Waals surface area (Å²) in [7, 11) is 0. The van der Waals surface area contributed by atoms with Gasteiger partial charge in [0.2, 0.25) is 5.91 Å². The van der Waals surface area contributed by atoms with Gasteiger partial charge in [-0.05, 0) is 29.3 Å². The summed E-state index contributed by atoms with van der Waals surface area (Å²) in [6.07, 6.45) is 5.45. The first-order valence-corrected chi connectivity index (χ1v) is 13.7. The summed E-state index contributed by atoms with van der Waals surface area (Å²) < 4.78 is 5.48. The number of thiazole rings is 1. The number of benzene rings is 2. The van der Waals surface area contributed by atoms with E-state index >= 15 is 0 Å². The molecule has 10 heteroatoms. The molecule has 0 radical (unpaired) electrons. The van der Waals surface area contributed by atoms with E-state index < -0.39 is 5.92 Å². The predicted molar refractivity (Wildman–Crippen MR) is 152 cm³/mol. The third-order valence-corrected chi connectivity index (χ3v) is 8.11. The van der Waals surface area contributed by atoms with Crippen LogP contribution in [0, 0.1) is 11.3 Å². The molecule has 2 aliphatic heterocycles. The number of H-pyrrole nitrogens is 1. The number of amidine groups is 1. The standard InChI is InChI=1S/C29H25N7O2S/c30-25-20(19-5-2-6-23-22(19)15-32-35-23)14-21(29-31-7-12-39-29)26-24(25)28(37)34-27(33-26)18-4-1-3-17(13-18)16-36-8-10-38-11-9-36/h1-7,12-15,24,30H,8-11,16H2,(H,32,35)(H,33,34,37). The van der Waals surface area contributed by atoms with Crippen molar-refractivity contribution in [3.8, 4) is 0 Å². The number of carbonyl (C=O) groups is 1. The van der Waals surface area contributed by atoms with Gasteiger partial charge >= 0.3 is 0 Å². The topological polar surface area (TPSA) is 119 Å². The van der Waals surface area contributed by atoms with E-state index in [4.69, 9.17) is 15.1 Å². The molecule has 1 unspecified atom stereocenters. The molecule has 2 aromatic carbocycles. The van der Waals surface area contributed by atoms with Gasteiger partial charge in [0, 0.05) is 53.3 Å². The second-order valence-corrected chi connectivity index (χ2v) is 10.6. The molecule has 9 nitrogen and oxygen atoms in total. The lowest BCUT2D eigenvalue weighted by molar-refractivity contribution is -0.121. The van der Waals surface area contributed by atoms with Crippen molar-refractivity contribution in [2.75, 3.05) is 26.3 Å². The maximum Gasteiger partial charge on any atom is 0.240 e. The van der Waals surface area contributed by atoms with Gasteiger partial charge in [0.15, 0.2) is 0 Å². The van der Waals surface area contributed by atoms with Gasteiger partial charge in [-0.1, -0.05) is 30.3 Å². The van der Waals surface area contributed by atoms with Crippen molar-refractivity contribution >= 4 is 50.8 Å². The van der Waals surface area contributed by atoms with Crippen LogP contribution in [0.4, 0.5) is 0 Å². The first-order chi connectivity index (χ1) is 19.2. The van der Waals surface area contributed by atoms with Crippen LogP contribution in [0.1, 0.15) is 21.7 Å². The molecular weight excluding hydrogens is 510 g/mol. The molecule has 3 N–H and O–H groups in total. The highest BCUT2D eigenvalue weighted by Crippen LogP contribution is 2.41. The third kappa shape index (κ3) is 4.32. The van der Waals surface area contributed by atoms with Crippen LogP contribution in [0.5, 0.6) is 0 Å². The molecule has 1 aliphatic carbocycles. The fraction of sp³-hybridized carbons (Fsp3) is 0.207. The van der Waals surface area contributed by atoms with Crippen LogP contribution in [-0.2, 0) is 16.1 Å². The van der Waals surface area contributed by atoms with Crippen LogP contribution >= 0.6 is 11.3 Å². The zero-order chi connectivity index (χ0) is 26.3. The molecule has 0 spiro atoms. The summed E-state index contributed by atoms with van der Waals surface area (Å²) >= 11 is 1.49. The van der Waals surface area contributed by atoms with Crippen molar-refractivity contribution in [3.63, 3.8) is 0 Å². The fourth-order valence-corrected chi connectivity index (χ4v) is 6.05. The Labute approximate surface area is 228 Å². The largest absolute Gasteiger partial charge is 0.379 e. The third-order valence-electron chi connectivity index (χ3n) is 7.30. The van der Waals surface area contributed by atoms with Gasteiger partial charge in [0.1, 0.15) is 16.8 Å². The Kier molecular flexibility index (Phi) is 5.99. The zero-order valence-corrected chi connectivity index (χ0v) is 21.8. The van der Waals surface area contributed by atoms with Gasteiger partial charge < -0.3 is 15.5 Å². The molecule has 7 rings (SSSR count). The Balaban J connectivity index is 1.34. The van der Waals surface area contributed by atoms with Gasteiger partial charge in [-0.25, -0.2) is 9.98 Å². The van der Waals surface area contributed by atoms with E-state index in [1.54, 1.807) is 12.4 Å². The van der Waals surface area contributed by atoms with Crippen molar-refractivity contribution in [1.29, 1.82) is 5.41 Å². The number of carbonyl (C=O) groups excluding carboxylic acids is 1. The Morgan fingerprint density at radius 1 is 1.15 bits per heavy atom. The van der Waals surface area contributed by atoms with Crippen molar-refractivity contribution in [3.05, 3.63) is 93.7 Å². The average molecular weight is 536 g/mol. The highest BCUT2D eigenvalue weighted by Gasteiger charge is 2.40. The van der Waals surface area contributed by atoms with E-state index in [2.05, 4.69) is 37.5 Å². The first-order valence-electron chi connectivity index (χ1n) is 12.8. The summed E-state index contributed by atoms with van der Waals surface area (Å²) in [6, 6.07) is 13.9. The van der Waals surface area contributed by atoms with E-state index in [0.29, 0.717) is 17.1 Å². The fourth-order valence-electron chi connectivity index (χ4n) is 5.39. The molecular formula is C29H25N7O2S. The Hall–Kier alpha value is -4.25. The van der Waals surface area contributed by atoms with E-state index in [-0.39, 0.29) is 11.6 Å². The highest BCUT2D eigenvalue weighted by molar-refractivity contribution is 7.10. The van der Waals surface area contributed by atoms with Crippen molar-refractivity contribution in [2.45, 2.75) is 6.54 Å². The Morgan fingerprint density at radius 2 is 2.03 bits per heavy atom. The molecule has 4 heterocycles. The molecule has 1 fully saturated rings. The van der Waals surface area contributed by atoms with Crippen molar-refractivity contribution < 1.29 is 9.53 Å². The minimum absolute atomic E-state index is 0.209. The number of nitrogens with zero attached hydrogens (tertiary/aromatic N) is 4. The second kappa shape index (κ2) is 9.81. The van der Waals surface area contributed by atoms with Crippen LogP contribution in [-0.4, -0.2) is 63.8 Å². The number of aromatic amines is 1. The predicted octanol–water partition coefficient (Wildman–Crippen LogP) is 3.87. The maximum atomic E-state index is 13.7. The van der Waals surface area contributed by atoms with Crippen molar-refractivity contribution in [2.24, 2.45) is 10.9 Å². The number of hydrogen-bond acceptors (Lipinski definition) is 8. The summed E-state index contributed by atoms with van der Waals surface area (Å²) in [5.41, 5.74) is 5.89. The number of ether oxygens (including phenoxy) is 1. The number of aliphatic imine (C=N–C) groups is 1. The SMILES string of the molecule is N=C1C(c2cccc3[nH]ncc23)=CC(c2nccs2)=C2N=C(c3cccc(CN4CCOCC4)c3)NC(=O)C12. The monoisotopic (exact) mass is 535 g/mol. The number of morpholine rings is 1. The minimum Gasteiger partial charge on any atom is -0.379 e. The summed E-state index contributed by atoms with van der Waals surface area (Å²) in [5.74, 6) is -0.616. The quantitative estimate of drug-likeness (QED) is 0.358. The van der Waals surface area contributed by atoms with Crippen LogP contribution in [0.25, 0.3) is 22.0 Å². The summed E-state index contributed by atoms with van der Waals surface area (Å²) in [5, 5.41) is 22.9. The molecule has 1 atom stereocenters. The van der Waals surface area contributed by atoms with E-state index in [1.807, 2.05) is 41.8 Å². The van der Waals surface area contributed by atoms with Crippen LogP contribution < -0.4 is 5.32 Å². The lowest BCUT2D eigenvalue weighted by Gasteiger charge is -2.30. The number of amides is 1. The number of allylic oxidation sites excluding steroid dienone is 3. The normalized spacial score (nSPS) is 20.1. The molecule has 1 saturated heterocycles.